The van der Waals surface area contributed by atoms with Crippen LogP contribution in [0.25, 0.3) is 6.08 Å². The molecule has 3 rings (SSSR count). The summed E-state index contributed by atoms with van der Waals surface area (Å²) in [6.07, 6.45) is 5.30. The van der Waals surface area contributed by atoms with Gasteiger partial charge in [-0.1, -0.05) is 11.6 Å². The Morgan fingerprint density at radius 3 is 2.86 bits per heavy atom. The normalized spacial score (nSPS) is 17.9. The molecule has 0 bridgehead atoms. The molecule has 0 spiro atoms. The van der Waals surface area contributed by atoms with Crippen LogP contribution in [0, 0.1) is 17.2 Å². The van der Waals surface area contributed by atoms with Crippen LogP contribution in [-0.4, -0.2) is 37.2 Å². The van der Waals surface area contributed by atoms with Crippen molar-refractivity contribution in [3.8, 4) is 17.6 Å². The molecule has 0 radical (unpaired) electrons. The van der Waals surface area contributed by atoms with Gasteiger partial charge in [0.15, 0.2) is 18.1 Å². The zero-order chi connectivity index (χ0) is 20.1. The first-order valence-corrected chi connectivity index (χ1v) is 9.45. The summed E-state index contributed by atoms with van der Waals surface area (Å²) in [4.78, 5) is 23.8. The van der Waals surface area contributed by atoms with Crippen molar-refractivity contribution in [3.05, 3.63) is 28.8 Å². The highest BCUT2D eigenvalue weighted by Gasteiger charge is 2.43. The van der Waals surface area contributed by atoms with Crippen LogP contribution in [0.3, 0.4) is 0 Å². The molecule has 1 N–H and O–H groups in total. The number of hydrogen-bond donors (Lipinski definition) is 1. The van der Waals surface area contributed by atoms with Crippen LogP contribution in [0.4, 0.5) is 0 Å². The molecule has 8 heteroatoms. The largest absolute Gasteiger partial charge is 0.489 e. The molecule has 7 nitrogen and oxygen atoms in total. The number of hydrogen-bond acceptors (Lipinski definition) is 6. The molecule has 0 unspecified atom stereocenters. The van der Waals surface area contributed by atoms with Gasteiger partial charge < -0.3 is 19.5 Å². The highest BCUT2D eigenvalue weighted by Crippen LogP contribution is 2.39. The quantitative estimate of drug-likeness (QED) is 0.578. The minimum atomic E-state index is -0.917. The summed E-state index contributed by atoms with van der Waals surface area (Å²) in [6.45, 7) is 2.28. The average Bonchev–Trinajstić information content (AvgIpc) is 3.51. The second-order valence-electron chi connectivity index (χ2n) is 6.96. The Bertz CT molecular complexity index is 844. The summed E-state index contributed by atoms with van der Waals surface area (Å²) in [5, 5.41) is 12.3. The molecule has 0 aromatic heterocycles. The van der Waals surface area contributed by atoms with E-state index in [1.54, 1.807) is 19.1 Å². The number of nitriles is 1. The van der Waals surface area contributed by atoms with Gasteiger partial charge >= 0.3 is 5.97 Å². The molecule has 1 amide bonds. The molecule has 0 saturated heterocycles. The van der Waals surface area contributed by atoms with Crippen molar-refractivity contribution in [1.82, 2.24) is 5.32 Å². The lowest BCUT2D eigenvalue weighted by atomic mass is 9.98. The number of fused-ring (bicyclic) bond motifs is 1. The molecule has 1 saturated carbocycles. The zero-order valence-corrected chi connectivity index (χ0v) is 16.3. The van der Waals surface area contributed by atoms with E-state index < -0.39 is 24.0 Å². The van der Waals surface area contributed by atoms with E-state index in [9.17, 15) is 14.9 Å². The monoisotopic (exact) mass is 404 g/mol. The molecular weight excluding hydrogens is 384 g/mol. The lowest BCUT2D eigenvalue weighted by Gasteiger charge is -2.22. The minimum Gasteiger partial charge on any atom is -0.489 e. The van der Waals surface area contributed by atoms with E-state index in [1.807, 2.05) is 0 Å². The van der Waals surface area contributed by atoms with Crippen LogP contribution in [0.15, 0.2) is 18.2 Å². The number of esters is 1. The summed E-state index contributed by atoms with van der Waals surface area (Å²) < 4.78 is 16.1. The number of carbonyl (C=O) groups is 2. The van der Waals surface area contributed by atoms with Gasteiger partial charge in [0.2, 0.25) is 0 Å². The molecule has 28 heavy (non-hydrogen) atoms. The molecule has 1 aliphatic carbocycles. The molecule has 1 atom stereocenters. The Balaban J connectivity index is 1.54. The third kappa shape index (κ3) is 4.96. The molecule has 1 heterocycles. The van der Waals surface area contributed by atoms with Gasteiger partial charge in [-0.2, -0.15) is 5.26 Å². The maximum absolute atomic E-state index is 12.0. The summed E-state index contributed by atoms with van der Waals surface area (Å²) in [5.41, 5.74) is -0.276. The van der Waals surface area contributed by atoms with Crippen molar-refractivity contribution in [2.45, 2.75) is 31.7 Å². The minimum absolute atomic E-state index is 0.154. The van der Waals surface area contributed by atoms with Gasteiger partial charge in [0.25, 0.3) is 5.91 Å². The van der Waals surface area contributed by atoms with Crippen molar-refractivity contribution in [2.24, 2.45) is 5.92 Å². The molecule has 1 aromatic rings. The number of rotatable bonds is 6. The topological polar surface area (TPSA) is 97.7 Å². The van der Waals surface area contributed by atoms with E-state index >= 15 is 0 Å². The Kier molecular flexibility index (Phi) is 6.10. The van der Waals surface area contributed by atoms with Crippen LogP contribution in [-0.2, 0) is 14.3 Å². The summed E-state index contributed by atoms with van der Waals surface area (Å²) in [7, 11) is 0. The Labute approximate surface area is 168 Å². The molecular formula is C20H21ClN2O5. The Hall–Kier alpha value is -2.72. The Morgan fingerprint density at radius 1 is 1.39 bits per heavy atom. The smallest absolute Gasteiger partial charge is 0.331 e. The van der Waals surface area contributed by atoms with Crippen molar-refractivity contribution in [2.75, 3.05) is 19.8 Å². The highest BCUT2D eigenvalue weighted by molar-refractivity contribution is 6.32. The first kappa shape index (κ1) is 20.0. The van der Waals surface area contributed by atoms with E-state index in [2.05, 4.69) is 11.4 Å². The fraction of sp³-hybridized carbons (Fsp3) is 0.450. The number of carbonyl (C=O) groups excluding carboxylic acids is 2. The number of halogens is 1. The fourth-order valence-electron chi connectivity index (χ4n) is 2.90. The predicted molar refractivity (Wildman–Crippen MR) is 102 cm³/mol. The first-order valence-electron chi connectivity index (χ1n) is 9.07. The third-order valence-corrected chi connectivity index (χ3v) is 4.89. The second-order valence-corrected chi connectivity index (χ2v) is 7.37. The lowest BCUT2D eigenvalue weighted by Crippen LogP contribution is -2.48. The first-order chi connectivity index (χ1) is 13.4. The predicted octanol–water partition coefficient (Wildman–Crippen LogP) is 2.87. The van der Waals surface area contributed by atoms with E-state index in [4.69, 9.17) is 25.8 Å². The maximum Gasteiger partial charge on any atom is 0.331 e. The van der Waals surface area contributed by atoms with Crippen LogP contribution >= 0.6 is 11.6 Å². The van der Waals surface area contributed by atoms with Crippen LogP contribution in [0.5, 0.6) is 11.5 Å². The molecule has 148 valence electrons. The average molecular weight is 405 g/mol. The van der Waals surface area contributed by atoms with Gasteiger partial charge in [0.05, 0.1) is 24.3 Å². The number of nitrogens with one attached hydrogen (secondary N) is 1. The van der Waals surface area contributed by atoms with Gasteiger partial charge in [-0.3, -0.25) is 4.79 Å². The van der Waals surface area contributed by atoms with Gasteiger partial charge in [-0.15, -0.1) is 0 Å². The highest BCUT2D eigenvalue weighted by atomic mass is 35.5. The van der Waals surface area contributed by atoms with Gasteiger partial charge in [-0.05, 0) is 49.5 Å². The third-order valence-electron chi connectivity index (χ3n) is 4.61. The van der Waals surface area contributed by atoms with Crippen molar-refractivity contribution in [1.29, 1.82) is 5.26 Å². The maximum atomic E-state index is 12.0. The standard InChI is InChI=1S/C20H21ClN2O5/c1-20(12-22,14-4-5-14)23-17(24)11-28-18(25)6-3-13-9-15(21)19-16(10-13)26-7-2-8-27-19/h3,6,9-10,14H,2,4-5,7-8,11H2,1H3,(H,23,24)/b6-3+/t20-/m0/s1. The second kappa shape index (κ2) is 8.53. The Morgan fingerprint density at radius 2 is 2.14 bits per heavy atom. The van der Waals surface area contributed by atoms with E-state index in [0.29, 0.717) is 35.3 Å². The SMILES string of the molecule is C[C@@](C#N)(NC(=O)COC(=O)/C=C/c1cc(Cl)c2c(c1)OCCCO2)C1CC1. The van der Waals surface area contributed by atoms with Crippen molar-refractivity contribution >= 4 is 29.6 Å². The number of nitrogens with zero attached hydrogens (tertiary/aromatic N) is 1. The molecule has 2 aliphatic rings. The zero-order valence-electron chi connectivity index (χ0n) is 15.5. The number of amides is 1. The van der Waals surface area contributed by atoms with Crippen LogP contribution in [0.2, 0.25) is 5.02 Å². The number of benzene rings is 1. The van der Waals surface area contributed by atoms with Gasteiger partial charge in [0.1, 0.15) is 5.54 Å². The molecule has 1 aliphatic heterocycles. The van der Waals surface area contributed by atoms with Crippen LogP contribution in [0.1, 0.15) is 31.7 Å². The molecule has 1 fully saturated rings. The van der Waals surface area contributed by atoms with Crippen molar-refractivity contribution < 1.29 is 23.8 Å². The summed E-state index contributed by atoms with van der Waals surface area (Å²) >= 11 is 6.21. The molecule has 1 aromatic carbocycles. The van der Waals surface area contributed by atoms with E-state index in [-0.39, 0.29) is 5.92 Å². The van der Waals surface area contributed by atoms with Gasteiger partial charge in [0, 0.05) is 12.5 Å². The summed E-state index contributed by atoms with van der Waals surface area (Å²) in [5.74, 6) is -0.0129. The van der Waals surface area contributed by atoms with Gasteiger partial charge in [-0.25, -0.2) is 4.79 Å². The van der Waals surface area contributed by atoms with E-state index in [0.717, 1.165) is 19.3 Å². The fourth-order valence-corrected chi connectivity index (χ4v) is 3.18. The lowest BCUT2D eigenvalue weighted by molar-refractivity contribution is -0.144. The van der Waals surface area contributed by atoms with Crippen molar-refractivity contribution in [3.63, 3.8) is 0 Å². The number of ether oxygens (including phenoxy) is 3. The van der Waals surface area contributed by atoms with Crippen LogP contribution < -0.4 is 14.8 Å². The van der Waals surface area contributed by atoms with E-state index in [1.165, 1.54) is 12.2 Å². The summed E-state index contributed by atoms with van der Waals surface area (Å²) in [6, 6.07) is 5.49.